The maximum Gasteiger partial charge on any atom is 0.256 e. The van der Waals surface area contributed by atoms with E-state index in [4.69, 9.17) is 4.74 Å². The lowest BCUT2D eigenvalue weighted by molar-refractivity contribution is -0.00378. The van der Waals surface area contributed by atoms with Crippen molar-refractivity contribution in [3.63, 3.8) is 0 Å². The Morgan fingerprint density at radius 2 is 2.29 bits per heavy atom. The van der Waals surface area contributed by atoms with Gasteiger partial charge in [-0.3, -0.25) is 9.78 Å². The van der Waals surface area contributed by atoms with Crippen molar-refractivity contribution in [2.24, 2.45) is 0 Å². The monoisotopic (exact) mass is 303 g/mol. The van der Waals surface area contributed by atoms with Crippen LogP contribution < -0.4 is 0 Å². The van der Waals surface area contributed by atoms with Crippen LogP contribution in [0.1, 0.15) is 32.7 Å². The Morgan fingerprint density at radius 3 is 3.00 bits per heavy atom. The van der Waals surface area contributed by atoms with E-state index in [0.717, 1.165) is 16.3 Å². The van der Waals surface area contributed by atoms with Crippen molar-refractivity contribution in [3.05, 3.63) is 45.7 Å². The smallest absolute Gasteiger partial charge is 0.256 e. The van der Waals surface area contributed by atoms with Gasteiger partial charge < -0.3 is 9.64 Å². The molecule has 2 aromatic rings. The van der Waals surface area contributed by atoms with Gasteiger partial charge >= 0.3 is 0 Å². The molecule has 3 heterocycles. The predicted octanol–water partition coefficient (Wildman–Crippen LogP) is 2.37. The fourth-order valence-electron chi connectivity index (χ4n) is 2.46. The lowest BCUT2D eigenvalue weighted by atomic mass is 10.1. The molecule has 0 radical (unpaired) electrons. The maximum atomic E-state index is 12.7. The van der Waals surface area contributed by atoms with Crippen molar-refractivity contribution in [2.45, 2.75) is 19.9 Å². The van der Waals surface area contributed by atoms with Crippen LogP contribution in [0.3, 0.4) is 0 Å². The number of aryl methyl sites for hydroxylation is 2. The second-order valence-electron chi connectivity index (χ2n) is 5.13. The molecule has 1 amide bonds. The first-order valence-electron chi connectivity index (χ1n) is 6.87. The van der Waals surface area contributed by atoms with E-state index in [2.05, 4.69) is 9.97 Å². The quantitative estimate of drug-likeness (QED) is 0.854. The van der Waals surface area contributed by atoms with Crippen LogP contribution in [0.4, 0.5) is 0 Å². The lowest BCUT2D eigenvalue weighted by Crippen LogP contribution is -2.43. The Kier molecular flexibility index (Phi) is 3.98. The van der Waals surface area contributed by atoms with Crippen LogP contribution >= 0.6 is 11.3 Å². The third-order valence-corrected chi connectivity index (χ3v) is 4.28. The predicted molar refractivity (Wildman–Crippen MR) is 80.4 cm³/mol. The molecular weight excluding hydrogens is 286 g/mol. The number of carbonyl (C=O) groups is 1. The number of ether oxygens (including phenoxy) is 1. The fourth-order valence-corrected chi connectivity index (χ4v) is 3.12. The van der Waals surface area contributed by atoms with Gasteiger partial charge in [0.05, 0.1) is 35.5 Å². The molecule has 0 aromatic carbocycles. The van der Waals surface area contributed by atoms with Crippen LogP contribution in [0.5, 0.6) is 0 Å². The largest absolute Gasteiger partial charge is 0.377 e. The maximum absolute atomic E-state index is 12.7. The zero-order valence-corrected chi connectivity index (χ0v) is 12.9. The van der Waals surface area contributed by atoms with E-state index in [1.54, 1.807) is 23.7 Å². The zero-order chi connectivity index (χ0) is 14.8. The Balaban J connectivity index is 1.89. The number of pyridine rings is 1. The van der Waals surface area contributed by atoms with Crippen molar-refractivity contribution >= 4 is 17.2 Å². The second kappa shape index (κ2) is 5.91. The summed E-state index contributed by atoms with van der Waals surface area (Å²) in [6.45, 7) is 5.53. The summed E-state index contributed by atoms with van der Waals surface area (Å²) in [7, 11) is 0. The average molecular weight is 303 g/mol. The molecule has 1 aliphatic rings. The van der Waals surface area contributed by atoms with Gasteiger partial charge in [0.1, 0.15) is 0 Å². The first kappa shape index (κ1) is 14.2. The van der Waals surface area contributed by atoms with E-state index in [1.165, 1.54) is 0 Å². The van der Waals surface area contributed by atoms with Crippen LogP contribution in [0.25, 0.3) is 0 Å². The molecule has 1 aliphatic heterocycles. The van der Waals surface area contributed by atoms with Gasteiger partial charge in [0.15, 0.2) is 0 Å². The van der Waals surface area contributed by atoms with Crippen LogP contribution in [0, 0.1) is 13.8 Å². The van der Waals surface area contributed by atoms with E-state index < -0.39 is 0 Å². The highest BCUT2D eigenvalue weighted by Crippen LogP contribution is 2.27. The van der Waals surface area contributed by atoms with Crippen molar-refractivity contribution in [1.82, 2.24) is 14.9 Å². The molecule has 1 fully saturated rings. The van der Waals surface area contributed by atoms with Gasteiger partial charge in [-0.05, 0) is 25.5 Å². The minimum Gasteiger partial charge on any atom is -0.377 e. The van der Waals surface area contributed by atoms with Crippen molar-refractivity contribution in [3.8, 4) is 0 Å². The zero-order valence-electron chi connectivity index (χ0n) is 12.1. The number of morpholine rings is 1. The number of hydrogen-bond donors (Lipinski definition) is 0. The summed E-state index contributed by atoms with van der Waals surface area (Å²) in [5.41, 5.74) is 2.51. The van der Waals surface area contributed by atoms with Gasteiger partial charge in [-0.2, -0.15) is 0 Å². The number of hydrogen-bond acceptors (Lipinski definition) is 5. The summed E-state index contributed by atoms with van der Waals surface area (Å²) in [6.07, 6.45) is 3.37. The minimum absolute atomic E-state index is 0.00912. The van der Waals surface area contributed by atoms with E-state index in [-0.39, 0.29) is 11.9 Å². The molecule has 6 heteroatoms. The number of rotatable bonds is 2. The summed E-state index contributed by atoms with van der Waals surface area (Å²) in [4.78, 5) is 23.2. The molecule has 110 valence electrons. The Hall–Kier alpha value is -1.79. The van der Waals surface area contributed by atoms with Gasteiger partial charge in [0.2, 0.25) is 0 Å². The normalized spacial score (nSPS) is 18.8. The van der Waals surface area contributed by atoms with E-state index in [0.29, 0.717) is 25.3 Å². The van der Waals surface area contributed by atoms with Gasteiger partial charge in [-0.15, -0.1) is 11.3 Å². The summed E-state index contributed by atoms with van der Waals surface area (Å²) in [5.74, 6) is -0.00912. The molecule has 1 atom stereocenters. The molecule has 21 heavy (non-hydrogen) atoms. The number of aromatic nitrogens is 2. The van der Waals surface area contributed by atoms with E-state index in [9.17, 15) is 4.79 Å². The molecular formula is C15H17N3O2S. The minimum atomic E-state index is -0.114. The standard InChI is InChI=1S/C15H17N3O2S/c1-10-5-12(7-16-6-10)15(19)18-3-4-20-8-14(18)13-9-21-11(2)17-13/h5-7,9,14H,3-4,8H2,1-2H3. The second-order valence-corrected chi connectivity index (χ2v) is 6.19. The Bertz CT molecular complexity index is 656. The Morgan fingerprint density at radius 1 is 1.43 bits per heavy atom. The molecule has 3 rings (SSSR count). The highest BCUT2D eigenvalue weighted by Gasteiger charge is 2.31. The molecule has 0 saturated carbocycles. The van der Waals surface area contributed by atoms with Gasteiger partial charge in [-0.1, -0.05) is 0 Å². The van der Waals surface area contributed by atoms with Gasteiger partial charge in [0, 0.05) is 24.3 Å². The highest BCUT2D eigenvalue weighted by atomic mass is 32.1. The first-order valence-corrected chi connectivity index (χ1v) is 7.75. The molecule has 0 bridgehead atoms. The molecule has 0 spiro atoms. The van der Waals surface area contributed by atoms with E-state index in [1.807, 2.05) is 30.2 Å². The summed E-state index contributed by atoms with van der Waals surface area (Å²) in [5, 5.41) is 3.00. The van der Waals surface area contributed by atoms with Crippen LogP contribution in [-0.2, 0) is 4.74 Å². The topological polar surface area (TPSA) is 55.3 Å². The SMILES string of the molecule is Cc1cncc(C(=O)N2CCOCC2c2csc(C)n2)c1. The third kappa shape index (κ3) is 2.96. The number of thiazole rings is 1. The van der Waals surface area contributed by atoms with Crippen molar-refractivity contribution < 1.29 is 9.53 Å². The lowest BCUT2D eigenvalue weighted by Gasteiger charge is -2.34. The third-order valence-electron chi connectivity index (χ3n) is 3.49. The summed E-state index contributed by atoms with van der Waals surface area (Å²) >= 11 is 1.59. The van der Waals surface area contributed by atoms with Crippen LogP contribution in [-0.4, -0.2) is 40.5 Å². The average Bonchev–Trinajstić information content (AvgIpc) is 2.93. The van der Waals surface area contributed by atoms with E-state index >= 15 is 0 Å². The molecule has 1 saturated heterocycles. The molecule has 1 unspecified atom stereocenters. The molecule has 0 N–H and O–H groups in total. The number of amides is 1. The van der Waals surface area contributed by atoms with Gasteiger partial charge in [0.25, 0.3) is 5.91 Å². The number of nitrogens with zero attached hydrogens (tertiary/aromatic N) is 3. The number of carbonyl (C=O) groups excluding carboxylic acids is 1. The Labute approximate surface area is 127 Å². The summed E-state index contributed by atoms with van der Waals surface area (Å²) in [6, 6.07) is 1.76. The van der Waals surface area contributed by atoms with Crippen LogP contribution in [0.2, 0.25) is 0 Å². The molecule has 0 aliphatic carbocycles. The summed E-state index contributed by atoms with van der Waals surface area (Å²) < 4.78 is 5.54. The van der Waals surface area contributed by atoms with Crippen LogP contribution in [0.15, 0.2) is 23.8 Å². The van der Waals surface area contributed by atoms with Crippen molar-refractivity contribution in [2.75, 3.05) is 19.8 Å². The molecule has 2 aromatic heterocycles. The molecule has 5 nitrogen and oxygen atoms in total. The first-order chi connectivity index (χ1) is 10.1. The van der Waals surface area contributed by atoms with Crippen molar-refractivity contribution in [1.29, 1.82) is 0 Å². The highest BCUT2D eigenvalue weighted by molar-refractivity contribution is 7.09. The van der Waals surface area contributed by atoms with Gasteiger partial charge in [-0.25, -0.2) is 4.98 Å². The fraction of sp³-hybridized carbons (Fsp3) is 0.400.